The third-order valence-electron chi connectivity index (χ3n) is 5.84. The number of rotatable bonds is 7. The lowest BCUT2D eigenvalue weighted by Crippen LogP contribution is -2.44. The van der Waals surface area contributed by atoms with Gasteiger partial charge in [-0.3, -0.25) is 4.79 Å². The van der Waals surface area contributed by atoms with Crippen LogP contribution in [0.4, 0.5) is 0 Å². The molecule has 164 valence electrons. The van der Waals surface area contributed by atoms with Crippen molar-refractivity contribution in [1.29, 1.82) is 0 Å². The van der Waals surface area contributed by atoms with Crippen LogP contribution in [-0.2, 0) is 11.3 Å². The second kappa shape index (κ2) is 9.24. The molecule has 0 spiro atoms. The third-order valence-corrected chi connectivity index (χ3v) is 5.84. The second-order valence-corrected chi connectivity index (χ2v) is 7.66. The first-order valence-corrected chi connectivity index (χ1v) is 10.7. The van der Waals surface area contributed by atoms with Crippen LogP contribution in [0, 0.1) is 0 Å². The van der Waals surface area contributed by atoms with Gasteiger partial charge < -0.3 is 23.5 Å². The van der Waals surface area contributed by atoms with E-state index in [4.69, 9.17) is 14.0 Å². The van der Waals surface area contributed by atoms with Gasteiger partial charge in [-0.25, -0.2) is 0 Å². The number of benzene rings is 1. The highest BCUT2D eigenvalue weighted by molar-refractivity contribution is 5.77. The number of aromatic nitrogens is 3. The maximum atomic E-state index is 13.0. The molecule has 1 aliphatic heterocycles. The van der Waals surface area contributed by atoms with Crippen LogP contribution in [0.1, 0.15) is 32.6 Å². The number of hydrogen-bond acceptors (Lipinski definition) is 6. The fourth-order valence-electron chi connectivity index (χ4n) is 4.16. The number of ether oxygens (including phenoxy) is 2. The summed E-state index contributed by atoms with van der Waals surface area (Å²) in [7, 11) is 3.17. The van der Waals surface area contributed by atoms with Crippen molar-refractivity contribution in [3.8, 4) is 34.5 Å². The number of hydrogen-bond donors (Lipinski definition) is 0. The van der Waals surface area contributed by atoms with E-state index in [0.717, 1.165) is 37.1 Å². The van der Waals surface area contributed by atoms with Crippen molar-refractivity contribution >= 4 is 5.91 Å². The lowest BCUT2D eigenvalue weighted by atomic mass is 10.00. The quantitative estimate of drug-likeness (QED) is 0.570. The first kappa shape index (κ1) is 21.0. The molecular weight excluding hydrogens is 396 g/mol. The van der Waals surface area contributed by atoms with Gasteiger partial charge in [-0.15, -0.1) is 0 Å². The number of carbonyl (C=O) groups excluding carboxylic acids is 1. The molecule has 0 radical (unpaired) electrons. The topological polar surface area (TPSA) is 82.6 Å². The maximum absolute atomic E-state index is 13.0. The Morgan fingerprint density at radius 1 is 1.19 bits per heavy atom. The lowest BCUT2D eigenvalue weighted by Gasteiger charge is -2.35. The van der Waals surface area contributed by atoms with Crippen molar-refractivity contribution in [1.82, 2.24) is 19.6 Å². The molecule has 8 heteroatoms. The Hall–Kier alpha value is -3.29. The summed E-state index contributed by atoms with van der Waals surface area (Å²) in [6, 6.07) is 9.55. The first-order chi connectivity index (χ1) is 15.1. The molecule has 1 amide bonds. The Labute approximate surface area is 181 Å². The molecule has 3 heterocycles. The zero-order valence-corrected chi connectivity index (χ0v) is 18.2. The molecule has 1 aromatic carbocycles. The molecule has 0 saturated carbocycles. The van der Waals surface area contributed by atoms with E-state index < -0.39 is 0 Å². The van der Waals surface area contributed by atoms with Gasteiger partial charge in [-0.1, -0.05) is 12.1 Å². The number of methoxy groups -OCH3 is 2. The van der Waals surface area contributed by atoms with Crippen LogP contribution >= 0.6 is 0 Å². The van der Waals surface area contributed by atoms with Gasteiger partial charge in [-0.2, -0.15) is 4.98 Å². The van der Waals surface area contributed by atoms with E-state index >= 15 is 0 Å². The molecule has 8 nitrogen and oxygen atoms in total. The highest BCUT2D eigenvalue weighted by Crippen LogP contribution is 2.32. The van der Waals surface area contributed by atoms with Crippen molar-refractivity contribution in [3.05, 3.63) is 36.5 Å². The van der Waals surface area contributed by atoms with E-state index in [2.05, 4.69) is 17.1 Å². The van der Waals surface area contributed by atoms with Gasteiger partial charge in [0.1, 0.15) is 12.2 Å². The summed E-state index contributed by atoms with van der Waals surface area (Å²) in [5, 5.41) is 4.12. The molecule has 1 fully saturated rings. The number of piperidine rings is 1. The van der Waals surface area contributed by atoms with Crippen LogP contribution in [0.5, 0.6) is 11.5 Å². The van der Waals surface area contributed by atoms with Gasteiger partial charge in [0.15, 0.2) is 11.5 Å². The van der Waals surface area contributed by atoms with Crippen molar-refractivity contribution in [3.63, 3.8) is 0 Å². The van der Waals surface area contributed by atoms with Crippen LogP contribution in [0.3, 0.4) is 0 Å². The average molecular weight is 425 g/mol. The molecular formula is C23H28N4O4. The summed E-state index contributed by atoms with van der Waals surface area (Å²) >= 11 is 0. The monoisotopic (exact) mass is 424 g/mol. The minimum Gasteiger partial charge on any atom is -0.493 e. The van der Waals surface area contributed by atoms with E-state index in [1.165, 1.54) is 6.42 Å². The average Bonchev–Trinajstić information content (AvgIpc) is 3.48. The molecule has 0 bridgehead atoms. The molecule has 2 aromatic heterocycles. The van der Waals surface area contributed by atoms with E-state index in [-0.39, 0.29) is 12.5 Å². The molecule has 1 saturated heterocycles. The summed E-state index contributed by atoms with van der Waals surface area (Å²) < 4.78 is 18.0. The van der Waals surface area contributed by atoms with E-state index in [1.54, 1.807) is 26.4 Å². The Kier molecular flexibility index (Phi) is 6.25. The van der Waals surface area contributed by atoms with Gasteiger partial charge in [-0.05, 0) is 56.0 Å². The summed E-state index contributed by atoms with van der Waals surface area (Å²) in [6.07, 6.45) is 6.21. The minimum atomic E-state index is 0.128. The predicted molar refractivity (Wildman–Crippen MR) is 116 cm³/mol. The van der Waals surface area contributed by atoms with Crippen LogP contribution in [0.15, 0.2) is 41.1 Å². The fraction of sp³-hybridized carbons (Fsp3) is 0.435. The molecule has 31 heavy (non-hydrogen) atoms. The normalized spacial score (nSPS) is 16.4. The number of nitrogens with zero attached hydrogens (tertiary/aromatic N) is 4. The number of likely N-dealkylation sites (tertiary alicyclic amines) is 1. The van der Waals surface area contributed by atoms with Crippen molar-refractivity contribution in [2.24, 2.45) is 0 Å². The molecule has 1 atom stereocenters. The van der Waals surface area contributed by atoms with E-state index in [9.17, 15) is 4.79 Å². The van der Waals surface area contributed by atoms with Crippen molar-refractivity contribution in [2.75, 3.05) is 20.8 Å². The Balaban J connectivity index is 1.54. The molecule has 0 N–H and O–H groups in total. The largest absolute Gasteiger partial charge is 0.493 e. The van der Waals surface area contributed by atoms with Gasteiger partial charge in [0, 0.05) is 24.3 Å². The molecule has 4 rings (SSSR count). The van der Waals surface area contributed by atoms with Gasteiger partial charge in [0.05, 0.1) is 14.2 Å². The van der Waals surface area contributed by atoms with Crippen LogP contribution < -0.4 is 9.47 Å². The number of carbonyl (C=O) groups is 1. The van der Waals surface area contributed by atoms with E-state index in [0.29, 0.717) is 29.3 Å². The summed E-state index contributed by atoms with van der Waals surface area (Å²) in [5.74, 6) is 2.16. The zero-order valence-electron chi connectivity index (χ0n) is 18.2. The zero-order chi connectivity index (χ0) is 21.8. The molecule has 1 unspecified atom stereocenters. The second-order valence-electron chi connectivity index (χ2n) is 7.66. The minimum absolute atomic E-state index is 0.128. The van der Waals surface area contributed by atoms with Crippen molar-refractivity contribution in [2.45, 2.75) is 45.2 Å². The summed E-state index contributed by atoms with van der Waals surface area (Å²) in [4.78, 5) is 19.6. The highest BCUT2D eigenvalue weighted by Gasteiger charge is 2.26. The predicted octanol–water partition coefficient (Wildman–Crippen LogP) is 4.01. The van der Waals surface area contributed by atoms with Gasteiger partial charge >= 0.3 is 0 Å². The molecule has 0 aliphatic carbocycles. The third kappa shape index (κ3) is 4.28. The van der Waals surface area contributed by atoms with Crippen molar-refractivity contribution < 1.29 is 18.8 Å². The smallest absolute Gasteiger partial charge is 0.274 e. The summed E-state index contributed by atoms with van der Waals surface area (Å²) in [5.41, 5.74) is 1.47. The van der Waals surface area contributed by atoms with Crippen LogP contribution in [0.25, 0.3) is 23.0 Å². The SMILES string of the molecule is CCC1CCCCN1C(=O)Cn1cccc1-c1nc(-c2ccc(OC)c(OC)c2)no1. The van der Waals surface area contributed by atoms with Gasteiger partial charge in [0.25, 0.3) is 5.89 Å². The Morgan fingerprint density at radius 3 is 2.81 bits per heavy atom. The maximum Gasteiger partial charge on any atom is 0.274 e. The standard InChI is InChI=1S/C23H28N4O4/c1-4-17-8-5-6-13-27(17)21(28)15-26-12-7-9-18(26)23-24-22(25-31-23)16-10-11-19(29-2)20(14-16)30-3/h7,9-12,14,17H,4-6,8,13,15H2,1-3H3. The highest BCUT2D eigenvalue weighted by atomic mass is 16.5. The van der Waals surface area contributed by atoms with Crippen LogP contribution in [-0.4, -0.2) is 52.3 Å². The molecule has 1 aliphatic rings. The molecule has 3 aromatic rings. The first-order valence-electron chi connectivity index (χ1n) is 10.7. The Bertz CT molecular complexity index is 1040. The van der Waals surface area contributed by atoms with E-state index in [1.807, 2.05) is 33.9 Å². The van der Waals surface area contributed by atoms with Gasteiger partial charge in [0.2, 0.25) is 11.7 Å². The van der Waals surface area contributed by atoms with Crippen LogP contribution in [0.2, 0.25) is 0 Å². The summed E-state index contributed by atoms with van der Waals surface area (Å²) in [6.45, 7) is 3.23. The Morgan fingerprint density at radius 2 is 2.03 bits per heavy atom. The number of amides is 1. The lowest BCUT2D eigenvalue weighted by molar-refractivity contribution is -0.135. The fourth-order valence-corrected chi connectivity index (χ4v) is 4.16.